The van der Waals surface area contributed by atoms with Crippen molar-refractivity contribution in [2.24, 2.45) is 0 Å². The van der Waals surface area contributed by atoms with Crippen molar-refractivity contribution in [3.8, 4) is 0 Å². The molecule has 6 heteroatoms. The number of hydrogen-bond donors (Lipinski definition) is 4. The summed E-state index contributed by atoms with van der Waals surface area (Å²) in [5, 5.41) is 34.1. The quantitative estimate of drug-likeness (QED) is 0.324. The Morgan fingerprint density at radius 1 is 0.773 bits per heavy atom. The van der Waals surface area contributed by atoms with Crippen molar-refractivity contribution < 1.29 is 30.0 Å². The van der Waals surface area contributed by atoms with E-state index >= 15 is 0 Å². The van der Waals surface area contributed by atoms with E-state index in [1.807, 2.05) is 6.92 Å². The Labute approximate surface area is 133 Å². The zero-order valence-corrected chi connectivity index (χ0v) is 13.9. The topological polar surface area (TPSA) is 115 Å². The summed E-state index contributed by atoms with van der Waals surface area (Å²) in [6.07, 6.45) is 8.19. The smallest absolute Gasteiger partial charge is 0.303 e. The summed E-state index contributed by atoms with van der Waals surface area (Å²) in [5.41, 5.74) is 0. The van der Waals surface area contributed by atoms with E-state index in [4.69, 9.17) is 20.4 Å². The maximum atomic E-state index is 10.1. The second kappa shape index (κ2) is 14.8. The average molecular weight is 320 g/mol. The first-order valence-corrected chi connectivity index (χ1v) is 8.07. The van der Waals surface area contributed by atoms with Crippen LogP contribution >= 0.6 is 0 Å². The molecule has 0 bridgehead atoms. The van der Waals surface area contributed by atoms with Crippen LogP contribution in [-0.2, 0) is 9.59 Å². The van der Waals surface area contributed by atoms with Crippen LogP contribution in [0.2, 0.25) is 0 Å². The average Bonchev–Trinajstić information content (AvgIpc) is 2.38. The molecule has 0 aliphatic heterocycles. The number of rotatable bonds is 12. The third-order valence-electron chi connectivity index (χ3n) is 3.04. The maximum Gasteiger partial charge on any atom is 0.303 e. The van der Waals surface area contributed by atoms with Crippen LogP contribution in [-0.4, -0.2) is 38.2 Å². The molecule has 0 radical (unpaired) electrons. The lowest BCUT2D eigenvalue weighted by Crippen LogP contribution is -2.22. The Balaban J connectivity index is 0. The van der Waals surface area contributed by atoms with Gasteiger partial charge in [-0.3, -0.25) is 9.59 Å². The van der Waals surface area contributed by atoms with Crippen molar-refractivity contribution in [1.82, 2.24) is 0 Å². The summed E-state index contributed by atoms with van der Waals surface area (Å²) in [6.45, 7) is 3.42. The zero-order chi connectivity index (χ0) is 17.4. The van der Waals surface area contributed by atoms with Gasteiger partial charge in [0.1, 0.15) is 0 Å². The standard InChI is InChI=1S/C10H18O4.C6H14O2/c11-9(12)7-5-3-1-2-4-6-8-10(13)14;1-3-4-5-6(2,7)8/h1-8H2,(H,11,12)(H,13,14);7-8H,3-5H2,1-2H3. The summed E-state index contributed by atoms with van der Waals surface area (Å²) in [4.78, 5) is 20.3. The molecule has 4 N–H and O–H groups in total. The van der Waals surface area contributed by atoms with E-state index < -0.39 is 17.7 Å². The van der Waals surface area contributed by atoms with Crippen LogP contribution in [0.3, 0.4) is 0 Å². The second-order valence-electron chi connectivity index (χ2n) is 5.73. The number of aliphatic carboxylic acids is 2. The van der Waals surface area contributed by atoms with E-state index in [2.05, 4.69) is 0 Å². The van der Waals surface area contributed by atoms with Gasteiger partial charge in [-0.05, 0) is 26.2 Å². The van der Waals surface area contributed by atoms with Gasteiger partial charge in [-0.25, -0.2) is 0 Å². The molecule has 0 aromatic carbocycles. The first kappa shape index (κ1) is 23.1. The summed E-state index contributed by atoms with van der Waals surface area (Å²) in [6, 6.07) is 0. The maximum absolute atomic E-state index is 10.1. The van der Waals surface area contributed by atoms with Crippen LogP contribution in [0, 0.1) is 0 Å². The number of carbonyl (C=O) groups is 2. The highest BCUT2D eigenvalue weighted by atomic mass is 16.5. The lowest BCUT2D eigenvalue weighted by Gasteiger charge is -2.13. The molecule has 0 spiro atoms. The highest BCUT2D eigenvalue weighted by Crippen LogP contribution is 2.08. The molecule has 0 aromatic heterocycles. The fourth-order valence-electron chi connectivity index (χ4n) is 1.77. The van der Waals surface area contributed by atoms with Gasteiger partial charge in [-0.2, -0.15) is 0 Å². The molecule has 132 valence electrons. The summed E-state index contributed by atoms with van der Waals surface area (Å²) >= 11 is 0. The molecule has 0 rings (SSSR count). The SMILES string of the molecule is CCCCC(C)(O)O.O=C(O)CCCCCCCCC(=O)O. The summed E-state index contributed by atoms with van der Waals surface area (Å²) in [5.74, 6) is -2.93. The molecule has 0 amide bonds. The molecule has 0 saturated heterocycles. The van der Waals surface area contributed by atoms with Crippen molar-refractivity contribution in [3.05, 3.63) is 0 Å². The highest BCUT2D eigenvalue weighted by molar-refractivity contribution is 5.66. The van der Waals surface area contributed by atoms with Gasteiger partial charge in [0.2, 0.25) is 0 Å². The first-order chi connectivity index (χ1) is 10.2. The number of aliphatic hydroxyl groups is 2. The zero-order valence-electron chi connectivity index (χ0n) is 13.9. The third kappa shape index (κ3) is 27.2. The molecule has 22 heavy (non-hydrogen) atoms. The molecule has 0 aliphatic rings. The number of carboxylic acid groups (broad SMARTS) is 2. The molecule has 6 nitrogen and oxygen atoms in total. The van der Waals surface area contributed by atoms with Crippen LogP contribution in [0.15, 0.2) is 0 Å². The molecular weight excluding hydrogens is 288 g/mol. The van der Waals surface area contributed by atoms with E-state index in [1.165, 1.54) is 6.92 Å². The van der Waals surface area contributed by atoms with Crippen molar-refractivity contribution in [2.75, 3.05) is 0 Å². The Bertz CT molecular complexity index is 263. The van der Waals surface area contributed by atoms with Gasteiger partial charge >= 0.3 is 11.9 Å². The molecule has 0 unspecified atom stereocenters. The minimum absolute atomic E-state index is 0.245. The van der Waals surface area contributed by atoms with Gasteiger partial charge in [0, 0.05) is 19.3 Å². The van der Waals surface area contributed by atoms with Crippen LogP contribution < -0.4 is 0 Å². The van der Waals surface area contributed by atoms with Crippen LogP contribution in [0.4, 0.5) is 0 Å². The minimum Gasteiger partial charge on any atom is -0.481 e. The number of hydrogen-bond acceptors (Lipinski definition) is 4. The van der Waals surface area contributed by atoms with Gasteiger partial charge in [-0.15, -0.1) is 0 Å². The van der Waals surface area contributed by atoms with E-state index in [0.717, 1.165) is 51.4 Å². The molecule has 0 aromatic rings. The van der Waals surface area contributed by atoms with Gasteiger partial charge in [0.05, 0.1) is 0 Å². The lowest BCUT2D eigenvalue weighted by atomic mass is 10.1. The largest absolute Gasteiger partial charge is 0.481 e. The van der Waals surface area contributed by atoms with Gasteiger partial charge < -0.3 is 20.4 Å². The predicted molar refractivity (Wildman–Crippen MR) is 84.6 cm³/mol. The minimum atomic E-state index is -1.45. The van der Waals surface area contributed by atoms with Gasteiger partial charge in [0.15, 0.2) is 5.79 Å². The molecule has 0 heterocycles. The Kier molecular flexibility index (Phi) is 15.5. The first-order valence-electron chi connectivity index (χ1n) is 8.07. The Morgan fingerprint density at radius 3 is 1.36 bits per heavy atom. The molecule has 0 atom stereocenters. The van der Waals surface area contributed by atoms with Gasteiger partial charge in [-0.1, -0.05) is 39.0 Å². The van der Waals surface area contributed by atoms with Crippen LogP contribution in [0.25, 0.3) is 0 Å². The number of unbranched alkanes of at least 4 members (excludes halogenated alkanes) is 6. The fourth-order valence-corrected chi connectivity index (χ4v) is 1.77. The van der Waals surface area contributed by atoms with E-state index in [0.29, 0.717) is 6.42 Å². The van der Waals surface area contributed by atoms with Crippen molar-refractivity contribution >= 4 is 11.9 Å². The number of carboxylic acids is 2. The predicted octanol–water partition coefficient (Wildman–Crippen LogP) is 3.15. The molecule has 0 saturated carbocycles. The lowest BCUT2D eigenvalue weighted by molar-refractivity contribution is -0.150. The van der Waals surface area contributed by atoms with Gasteiger partial charge in [0.25, 0.3) is 0 Å². The summed E-state index contributed by atoms with van der Waals surface area (Å²) < 4.78 is 0. The third-order valence-corrected chi connectivity index (χ3v) is 3.04. The van der Waals surface area contributed by atoms with E-state index in [-0.39, 0.29) is 12.8 Å². The highest BCUT2D eigenvalue weighted by Gasteiger charge is 2.12. The normalized spacial score (nSPS) is 10.7. The molecular formula is C16H32O6. The molecule has 0 fully saturated rings. The Morgan fingerprint density at radius 2 is 1.14 bits per heavy atom. The van der Waals surface area contributed by atoms with E-state index in [9.17, 15) is 9.59 Å². The summed E-state index contributed by atoms with van der Waals surface area (Å²) in [7, 11) is 0. The van der Waals surface area contributed by atoms with Crippen molar-refractivity contribution in [2.45, 2.75) is 90.3 Å². The fraction of sp³-hybridized carbons (Fsp3) is 0.875. The Hall–Kier alpha value is -1.14. The van der Waals surface area contributed by atoms with Crippen LogP contribution in [0.5, 0.6) is 0 Å². The molecule has 0 aliphatic carbocycles. The monoisotopic (exact) mass is 320 g/mol. The van der Waals surface area contributed by atoms with E-state index in [1.54, 1.807) is 0 Å². The van der Waals surface area contributed by atoms with Crippen molar-refractivity contribution in [1.29, 1.82) is 0 Å². The second-order valence-corrected chi connectivity index (χ2v) is 5.73. The van der Waals surface area contributed by atoms with Crippen molar-refractivity contribution in [3.63, 3.8) is 0 Å². The van der Waals surface area contributed by atoms with Crippen LogP contribution in [0.1, 0.15) is 84.5 Å².